The van der Waals surface area contributed by atoms with Gasteiger partial charge >= 0.3 is 41.5 Å². The zero-order chi connectivity index (χ0) is 24.9. The molecular weight excluding hydrogens is 491 g/mol. The van der Waals surface area contributed by atoms with Crippen molar-refractivity contribution >= 4 is 65.1 Å². The molecule has 3 aliphatic rings. The van der Waals surface area contributed by atoms with Gasteiger partial charge < -0.3 is 20.1 Å². The zero-order valence-corrected chi connectivity index (χ0v) is 20.2. The molecule has 10 heteroatoms. The van der Waals surface area contributed by atoms with Gasteiger partial charge in [0.05, 0.1) is 0 Å². The number of carbonyl (C=O) groups is 4. The Morgan fingerprint density at radius 1 is 1.11 bits per heavy atom. The molecule has 184 valence electrons. The Kier molecular flexibility index (Phi) is 7.57. The number of hydrogen-bond acceptors (Lipinski definition) is 6. The minimum absolute atomic E-state index is 0. The first-order valence-electron chi connectivity index (χ1n) is 11.6. The maximum atomic E-state index is 13.4. The van der Waals surface area contributed by atoms with E-state index in [9.17, 15) is 24.3 Å². The second kappa shape index (κ2) is 10.2. The van der Waals surface area contributed by atoms with Gasteiger partial charge in [-0.05, 0) is 61.9 Å². The zero-order valence-electron chi connectivity index (χ0n) is 19.4. The van der Waals surface area contributed by atoms with Crippen LogP contribution in [0.5, 0.6) is 5.75 Å². The van der Waals surface area contributed by atoms with Crippen LogP contribution in [0.3, 0.4) is 0 Å². The number of amides is 2. The molecule has 4 unspecified atom stereocenters. The van der Waals surface area contributed by atoms with Crippen LogP contribution in [0.1, 0.15) is 42.9 Å². The number of ether oxygens (including phenoxy) is 1. The van der Waals surface area contributed by atoms with Crippen LogP contribution < -0.4 is 10.1 Å². The van der Waals surface area contributed by atoms with Crippen molar-refractivity contribution in [2.45, 2.75) is 61.2 Å². The quantitative estimate of drug-likeness (QED) is 0.197. The van der Waals surface area contributed by atoms with E-state index in [1.807, 2.05) is 12.1 Å². The first-order valence-corrected chi connectivity index (χ1v) is 12.5. The third-order valence-corrected chi connectivity index (χ3v) is 8.46. The third kappa shape index (κ3) is 4.69. The van der Waals surface area contributed by atoms with Crippen LogP contribution in [0.15, 0.2) is 48.5 Å². The van der Waals surface area contributed by atoms with E-state index in [1.54, 1.807) is 50.2 Å². The van der Waals surface area contributed by atoms with E-state index in [1.165, 1.54) is 22.2 Å². The molecule has 2 fully saturated rings. The fourth-order valence-corrected chi connectivity index (χ4v) is 6.83. The minimum atomic E-state index is -1.28. The van der Waals surface area contributed by atoms with Crippen LogP contribution in [0.4, 0.5) is 0 Å². The second-order valence-corrected chi connectivity index (χ2v) is 11.4. The van der Waals surface area contributed by atoms with Crippen molar-refractivity contribution in [2.75, 3.05) is 0 Å². The molecule has 2 aromatic rings. The van der Waals surface area contributed by atoms with E-state index in [0.29, 0.717) is 11.3 Å². The topological polar surface area (TPSA) is 113 Å². The van der Waals surface area contributed by atoms with Crippen molar-refractivity contribution in [3.63, 3.8) is 0 Å². The molecule has 0 aromatic heterocycles. The first-order chi connectivity index (χ1) is 16.7. The number of thioether (sulfide) groups is 1. The van der Waals surface area contributed by atoms with Gasteiger partial charge in [-0.25, -0.2) is 4.79 Å². The fourth-order valence-electron chi connectivity index (χ4n) is 5.21. The molecule has 2 saturated heterocycles. The summed E-state index contributed by atoms with van der Waals surface area (Å²) in [5, 5.41) is 11.8. The molecule has 2 heterocycles. The Balaban J connectivity index is 0.00000304. The number of carbonyl (C=O) groups excluding carboxylic acids is 3. The molecule has 0 radical (unpaired) electrons. The summed E-state index contributed by atoms with van der Waals surface area (Å²) in [5.41, 5.74) is 2.83. The second-order valence-electron chi connectivity index (χ2n) is 9.63. The van der Waals surface area contributed by atoms with Crippen LogP contribution in [-0.2, 0) is 32.0 Å². The molecule has 0 saturated carbocycles. The predicted octanol–water partition coefficient (Wildman–Crippen LogP) is 1.85. The van der Waals surface area contributed by atoms with Gasteiger partial charge in [0, 0.05) is 4.75 Å². The van der Waals surface area contributed by atoms with Crippen molar-refractivity contribution in [3.8, 4) is 5.75 Å². The summed E-state index contributed by atoms with van der Waals surface area (Å²) < 4.78 is 4.92. The number of carboxylic acid groups (broad SMARTS) is 1. The van der Waals surface area contributed by atoms with Gasteiger partial charge in [0.15, 0.2) is 5.92 Å². The summed E-state index contributed by atoms with van der Waals surface area (Å²) in [7, 11) is 0. The molecule has 8 nitrogen and oxygen atoms in total. The Labute approximate surface area is 235 Å². The number of rotatable bonds is 6. The van der Waals surface area contributed by atoms with Crippen molar-refractivity contribution < 1.29 is 29.0 Å². The molecule has 2 amide bonds. The molecule has 5 rings (SSSR count). The van der Waals surface area contributed by atoms with Crippen LogP contribution in [0.2, 0.25) is 0 Å². The number of nitrogens with zero attached hydrogens (tertiary/aromatic N) is 1. The summed E-state index contributed by atoms with van der Waals surface area (Å²) in [4.78, 5) is 52.5. The monoisotopic (exact) mass is 518 g/mol. The number of aryl methyl sites for hydroxylation is 2. The molecule has 4 atom stereocenters. The number of esters is 1. The van der Waals surface area contributed by atoms with Crippen molar-refractivity contribution in [1.29, 1.82) is 0 Å². The Hall–Kier alpha value is -2.33. The number of β-lactam (4-membered cyclic amide) rings is 1. The molecule has 2 aliphatic heterocycles. The molecule has 36 heavy (non-hydrogen) atoms. The van der Waals surface area contributed by atoms with Crippen molar-refractivity contribution in [3.05, 3.63) is 65.2 Å². The molecule has 0 bridgehead atoms. The van der Waals surface area contributed by atoms with E-state index in [4.69, 9.17) is 4.74 Å². The Morgan fingerprint density at radius 3 is 2.50 bits per heavy atom. The molecular formula is C26H27N2NaO6S. The van der Waals surface area contributed by atoms with E-state index < -0.39 is 51.9 Å². The number of nitrogens with one attached hydrogen (secondary N) is 1. The average molecular weight is 519 g/mol. The molecule has 0 spiro atoms. The Bertz CT molecular complexity index is 1220. The average Bonchev–Trinajstić information content (AvgIpc) is 3.38. The summed E-state index contributed by atoms with van der Waals surface area (Å²) in [6.07, 6.45) is 2.99. The van der Waals surface area contributed by atoms with Gasteiger partial charge in [-0.15, -0.1) is 11.8 Å². The summed E-state index contributed by atoms with van der Waals surface area (Å²) >= 11 is 1.33. The van der Waals surface area contributed by atoms with Crippen molar-refractivity contribution in [1.82, 2.24) is 10.2 Å². The molecule has 2 N–H and O–H groups in total. The van der Waals surface area contributed by atoms with Crippen LogP contribution >= 0.6 is 11.8 Å². The van der Waals surface area contributed by atoms with E-state index in [0.717, 1.165) is 24.8 Å². The van der Waals surface area contributed by atoms with Gasteiger partial charge in [-0.3, -0.25) is 14.4 Å². The summed E-state index contributed by atoms with van der Waals surface area (Å²) in [6.45, 7) is 3.53. The van der Waals surface area contributed by atoms with Gasteiger partial charge in [0.2, 0.25) is 11.8 Å². The number of aliphatic carboxylic acids is 1. The van der Waals surface area contributed by atoms with Gasteiger partial charge in [-0.2, -0.15) is 0 Å². The van der Waals surface area contributed by atoms with E-state index >= 15 is 0 Å². The SMILES string of the molecule is CC1(C)SC2C(NC(=O)C(C(=O)Oc3ccc4c(c3)CCC4)c3ccccc3)C(=O)N2C1C(=O)O.[NaH]. The first kappa shape index (κ1) is 26.7. The van der Waals surface area contributed by atoms with Crippen LogP contribution in [0, 0.1) is 0 Å². The number of hydrogen-bond donors (Lipinski definition) is 2. The number of carboxylic acids is 1. The van der Waals surface area contributed by atoms with Crippen LogP contribution in [0.25, 0.3) is 0 Å². The molecule has 2 aromatic carbocycles. The third-order valence-electron chi connectivity index (χ3n) is 6.89. The van der Waals surface area contributed by atoms with Crippen molar-refractivity contribution in [2.24, 2.45) is 0 Å². The standard InChI is InChI=1S/C26H26N2O6S.Na.H/c1-26(2)20(24(31)32)28-22(30)19(23(28)35-26)27-21(29)18(15-7-4-3-5-8-15)25(33)34-17-12-11-14-9-6-10-16(14)13-17;;/h3-5,7-8,11-13,18-20,23H,6,9-10H2,1-2H3,(H,27,29)(H,31,32);;. The van der Waals surface area contributed by atoms with E-state index in [-0.39, 0.29) is 29.6 Å². The number of benzene rings is 2. The number of fused-ring (bicyclic) bond motifs is 2. The van der Waals surface area contributed by atoms with Gasteiger partial charge in [0.25, 0.3) is 0 Å². The fraction of sp³-hybridized carbons (Fsp3) is 0.385. The summed E-state index contributed by atoms with van der Waals surface area (Å²) in [6, 6.07) is 12.2. The summed E-state index contributed by atoms with van der Waals surface area (Å²) in [5.74, 6) is -3.83. The molecule has 1 aliphatic carbocycles. The van der Waals surface area contributed by atoms with Gasteiger partial charge in [0.1, 0.15) is 23.2 Å². The van der Waals surface area contributed by atoms with E-state index in [2.05, 4.69) is 5.32 Å². The predicted molar refractivity (Wildman–Crippen MR) is 136 cm³/mol. The van der Waals surface area contributed by atoms with Gasteiger partial charge in [-0.1, -0.05) is 36.4 Å². The van der Waals surface area contributed by atoms with Crippen LogP contribution in [-0.4, -0.2) is 85.5 Å². The maximum absolute atomic E-state index is 13.4. The Morgan fingerprint density at radius 2 is 1.81 bits per heavy atom. The normalized spacial score (nSPS) is 24.0.